The molecule has 1 aliphatic rings. The minimum Gasteiger partial charge on any atom is -0.455 e. The summed E-state index contributed by atoms with van der Waals surface area (Å²) in [5.74, 6) is -1.65. The van der Waals surface area contributed by atoms with Crippen LogP contribution in [-0.2, 0) is 19.1 Å². The Hall–Kier alpha value is -2.67. The maximum absolute atomic E-state index is 12.4. The smallest absolute Gasteiger partial charge is 0.311 e. The highest BCUT2D eigenvalue weighted by Crippen LogP contribution is 2.27. The van der Waals surface area contributed by atoms with Crippen LogP contribution in [0.4, 0.5) is 11.4 Å². The van der Waals surface area contributed by atoms with Crippen LogP contribution >= 0.6 is 15.9 Å². The van der Waals surface area contributed by atoms with Gasteiger partial charge in [-0.2, -0.15) is 0 Å². The molecule has 0 bridgehead atoms. The zero-order valence-corrected chi connectivity index (χ0v) is 18.2. The summed E-state index contributed by atoms with van der Waals surface area (Å²) >= 11 is 3.37. The van der Waals surface area contributed by atoms with Gasteiger partial charge in [-0.3, -0.25) is 14.4 Å². The van der Waals surface area contributed by atoms with Gasteiger partial charge < -0.3 is 15.0 Å². The van der Waals surface area contributed by atoms with Crippen LogP contribution in [0.1, 0.15) is 23.1 Å². The summed E-state index contributed by atoms with van der Waals surface area (Å²) in [6.45, 7) is 5.73. The number of esters is 1. The lowest BCUT2D eigenvalue weighted by molar-refractivity contribution is -0.151. The largest absolute Gasteiger partial charge is 0.455 e. The number of carbonyl (C=O) groups is 3. The summed E-state index contributed by atoms with van der Waals surface area (Å²) in [6.07, 6.45) is 0.0825. The van der Waals surface area contributed by atoms with Crippen molar-refractivity contribution in [2.75, 3.05) is 23.4 Å². The molecule has 0 unspecified atom stereocenters. The second-order valence-corrected chi connectivity index (χ2v) is 8.20. The molecule has 6 nitrogen and oxygen atoms in total. The van der Waals surface area contributed by atoms with Crippen LogP contribution in [0.25, 0.3) is 0 Å². The number of nitrogens with zero attached hydrogens (tertiary/aromatic N) is 1. The van der Waals surface area contributed by atoms with E-state index >= 15 is 0 Å². The van der Waals surface area contributed by atoms with Gasteiger partial charge in [-0.25, -0.2) is 0 Å². The van der Waals surface area contributed by atoms with Crippen molar-refractivity contribution in [3.05, 3.63) is 57.6 Å². The fourth-order valence-electron chi connectivity index (χ4n) is 3.22. The Labute approximate surface area is 178 Å². The summed E-state index contributed by atoms with van der Waals surface area (Å²) in [7, 11) is 0. The van der Waals surface area contributed by atoms with Crippen LogP contribution in [0, 0.1) is 26.7 Å². The van der Waals surface area contributed by atoms with Crippen molar-refractivity contribution < 1.29 is 19.1 Å². The van der Waals surface area contributed by atoms with Gasteiger partial charge in [0, 0.05) is 28.8 Å². The van der Waals surface area contributed by atoms with Crippen molar-refractivity contribution >= 4 is 45.1 Å². The molecule has 2 aromatic carbocycles. The predicted octanol–water partition coefficient (Wildman–Crippen LogP) is 3.91. The first-order chi connectivity index (χ1) is 13.7. The van der Waals surface area contributed by atoms with E-state index in [4.69, 9.17) is 4.74 Å². The third kappa shape index (κ3) is 5.03. The number of halogens is 1. The van der Waals surface area contributed by atoms with Gasteiger partial charge in [0.25, 0.3) is 5.91 Å². The first kappa shape index (κ1) is 21.0. The minimum absolute atomic E-state index is 0.0825. The number of hydrogen-bond donors (Lipinski definition) is 1. The third-order valence-electron chi connectivity index (χ3n) is 5.07. The maximum atomic E-state index is 12.4. The maximum Gasteiger partial charge on any atom is 0.311 e. The first-order valence-corrected chi connectivity index (χ1v) is 10.1. The topological polar surface area (TPSA) is 75.7 Å². The highest BCUT2D eigenvalue weighted by molar-refractivity contribution is 9.10. The molecule has 1 aliphatic heterocycles. The number of anilines is 2. The van der Waals surface area contributed by atoms with Gasteiger partial charge in [0.1, 0.15) is 0 Å². The van der Waals surface area contributed by atoms with E-state index in [9.17, 15) is 14.4 Å². The number of benzene rings is 2. The summed E-state index contributed by atoms with van der Waals surface area (Å²) in [5, 5.41) is 2.72. The average Bonchev–Trinajstić information content (AvgIpc) is 3.06. The highest BCUT2D eigenvalue weighted by atomic mass is 79.9. The lowest BCUT2D eigenvalue weighted by atomic mass is 10.1. The summed E-state index contributed by atoms with van der Waals surface area (Å²) in [6, 6.07) is 11.2. The monoisotopic (exact) mass is 458 g/mol. The van der Waals surface area contributed by atoms with Crippen LogP contribution < -0.4 is 10.2 Å². The molecule has 1 fully saturated rings. The van der Waals surface area contributed by atoms with E-state index in [0.717, 1.165) is 26.9 Å². The molecule has 0 aliphatic carbocycles. The second kappa shape index (κ2) is 8.78. The Balaban J connectivity index is 1.55. The lowest BCUT2D eigenvalue weighted by Crippen LogP contribution is -2.28. The van der Waals surface area contributed by atoms with Crippen molar-refractivity contribution in [3.63, 3.8) is 0 Å². The fourth-order valence-corrected chi connectivity index (χ4v) is 3.69. The van der Waals surface area contributed by atoms with Crippen molar-refractivity contribution in [1.29, 1.82) is 0 Å². The van der Waals surface area contributed by atoms with Gasteiger partial charge in [-0.05, 0) is 67.8 Å². The molecule has 3 rings (SSSR count). The van der Waals surface area contributed by atoms with Crippen molar-refractivity contribution in [2.45, 2.75) is 27.2 Å². The van der Waals surface area contributed by atoms with Crippen LogP contribution in [0.3, 0.4) is 0 Å². The predicted molar refractivity (Wildman–Crippen MR) is 115 cm³/mol. The van der Waals surface area contributed by atoms with E-state index in [1.54, 1.807) is 11.0 Å². The molecule has 2 amide bonds. The van der Waals surface area contributed by atoms with Crippen LogP contribution in [0.5, 0.6) is 0 Å². The highest BCUT2D eigenvalue weighted by Gasteiger charge is 2.36. The lowest BCUT2D eigenvalue weighted by Gasteiger charge is -2.18. The molecule has 1 N–H and O–H groups in total. The molecule has 0 spiro atoms. The van der Waals surface area contributed by atoms with E-state index in [2.05, 4.69) is 21.2 Å². The molecule has 0 radical (unpaired) electrons. The fraction of sp³-hybridized carbons (Fsp3) is 0.318. The van der Waals surface area contributed by atoms with Gasteiger partial charge >= 0.3 is 5.97 Å². The minimum atomic E-state index is -0.577. The standard InChI is InChI=1S/C22H23BrN2O4/c1-13-4-6-18(9-14(13)2)25-11-16(10-21(25)27)22(28)29-12-20(26)24-19-7-5-17(23)8-15(19)3/h4-9,16H,10-12H2,1-3H3,(H,24,26)/t16-/m1/s1. The molecule has 29 heavy (non-hydrogen) atoms. The molecule has 1 atom stereocenters. The molecule has 2 aromatic rings. The summed E-state index contributed by atoms with van der Waals surface area (Å²) < 4.78 is 6.08. The molecule has 1 saturated heterocycles. The normalized spacial score (nSPS) is 16.1. The van der Waals surface area contributed by atoms with Gasteiger partial charge in [-0.1, -0.05) is 22.0 Å². The molecule has 7 heteroatoms. The molecule has 1 heterocycles. The van der Waals surface area contributed by atoms with E-state index in [1.807, 2.05) is 51.1 Å². The molecule has 0 saturated carbocycles. The SMILES string of the molecule is Cc1ccc(N2C[C@H](C(=O)OCC(=O)Nc3ccc(Br)cc3C)CC2=O)cc1C. The zero-order chi connectivity index (χ0) is 21.1. The molecule has 0 aromatic heterocycles. The van der Waals surface area contributed by atoms with E-state index in [0.29, 0.717) is 5.69 Å². The van der Waals surface area contributed by atoms with Crippen molar-refractivity contribution in [3.8, 4) is 0 Å². The van der Waals surface area contributed by atoms with Crippen molar-refractivity contribution in [1.82, 2.24) is 0 Å². The Morgan fingerprint density at radius 2 is 1.86 bits per heavy atom. The Morgan fingerprint density at radius 1 is 1.10 bits per heavy atom. The van der Waals surface area contributed by atoms with Gasteiger partial charge in [0.2, 0.25) is 5.91 Å². The molecular formula is C22H23BrN2O4. The number of amides is 2. The summed E-state index contributed by atoms with van der Waals surface area (Å²) in [4.78, 5) is 38.4. The zero-order valence-electron chi connectivity index (χ0n) is 16.6. The van der Waals surface area contributed by atoms with E-state index in [-0.39, 0.29) is 25.5 Å². The van der Waals surface area contributed by atoms with Gasteiger partial charge in [0.05, 0.1) is 5.92 Å². The molecule has 152 valence electrons. The van der Waals surface area contributed by atoms with Crippen LogP contribution in [0.15, 0.2) is 40.9 Å². The number of nitrogens with one attached hydrogen (secondary N) is 1. The van der Waals surface area contributed by atoms with Crippen LogP contribution in [-0.4, -0.2) is 30.9 Å². The van der Waals surface area contributed by atoms with Crippen LogP contribution in [0.2, 0.25) is 0 Å². The number of hydrogen-bond acceptors (Lipinski definition) is 4. The first-order valence-electron chi connectivity index (χ1n) is 9.35. The quantitative estimate of drug-likeness (QED) is 0.689. The number of aryl methyl sites for hydroxylation is 3. The Morgan fingerprint density at radius 3 is 2.55 bits per heavy atom. The second-order valence-electron chi connectivity index (χ2n) is 7.29. The number of ether oxygens (including phenoxy) is 1. The Kier molecular flexibility index (Phi) is 6.37. The third-order valence-corrected chi connectivity index (χ3v) is 5.56. The number of carbonyl (C=O) groups excluding carboxylic acids is 3. The van der Waals surface area contributed by atoms with E-state index < -0.39 is 17.8 Å². The Bertz CT molecular complexity index is 973. The van der Waals surface area contributed by atoms with Gasteiger partial charge in [0.15, 0.2) is 6.61 Å². The number of rotatable bonds is 5. The molecular weight excluding hydrogens is 436 g/mol. The average molecular weight is 459 g/mol. The van der Waals surface area contributed by atoms with Crippen molar-refractivity contribution in [2.24, 2.45) is 5.92 Å². The summed E-state index contributed by atoms with van der Waals surface area (Å²) in [5.41, 5.74) is 4.55. The van der Waals surface area contributed by atoms with E-state index in [1.165, 1.54) is 0 Å². The van der Waals surface area contributed by atoms with Gasteiger partial charge in [-0.15, -0.1) is 0 Å².